The number of hydrogen-bond acceptors (Lipinski definition) is 2. The predicted octanol–water partition coefficient (Wildman–Crippen LogP) is 4.02. The molecule has 3 heteroatoms. The van der Waals surface area contributed by atoms with Gasteiger partial charge in [0.15, 0.2) is 0 Å². The van der Waals surface area contributed by atoms with Crippen LogP contribution in [0.3, 0.4) is 0 Å². The Morgan fingerprint density at radius 3 is 2.47 bits per heavy atom. The number of nitrogens with one attached hydrogen (secondary N) is 1. The van der Waals surface area contributed by atoms with E-state index in [1.54, 1.807) is 6.20 Å². The monoisotopic (exact) mass is 258 g/mol. The Labute approximate surface area is 113 Å². The fraction of sp³-hybridized carbons (Fsp3) is 0.312. The van der Waals surface area contributed by atoms with Gasteiger partial charge in [-0.2, -0.15) is 0 Å². The highest BCUT2D eigenvalue weighted by atomic mass is 19.1. The van der Waals surface area contributed by atoms with Crippen LogP contribution >= 0.6 is 0 Å². The molecule has 2 aromatic rings. The fourth-order valence-electron chi connectivity index (χ4n) is 2.16. The molecular formula is C16H19FN2. The van der Waals surface area contributed by atoms with Crippen molar-refractivity contribution in [2.75, 3.05) is 0 Å². The average Bonchev–Trinajstić information content (AvgIpc) is 2.46. The number of hydrogen-bond donors (Lipinski definition) is 1. The predicted molar refractivity (Wildman–Crippen MR) is 75.2 cm³/mol. The summed E-state index contributed by atoms with van der Waals surface area (Å²) in [5.41, 5.74) is 2.12. The van der Waals surface area contributed by atoms with Crippen molar-refractivity contribution in [3.8, 4) is 0 Å². The van der Waals surface area contributed by atoms with Crippen LogP contribution < -0.4 is 5.32 Å². The van der Waals surface area contributed by atoms with E-state index in [0.29, 0.717) is 0 Å². The van der Waals surface area contributed by atoms with Gasteiger partial charge in [0.05, 0.1) is 5.69 Å². The molecule has 0 bridgehead atoms. The quantitative estimate of drug-likeness (QED) is 0.876. The Hall–Kier alpha value is -1.74. The van der Waals surface area contributed by atoms with Crippen molar-refractivity contribution in [2.45, 2.75) is 32.4 Å². The van der Waals surface area contributed by atoms with Gasteiger partial charge < -0.3 is 5.32 Å². The van der Waals surface area contributed by atoms with Crippen LogP contribution in [0.2, 0.25) is 0 Å². The minimum atomic E-state index is -0.198. The summed E-state index contributed by atoms with van der Waals surface area (Å²) in [7, 11) is 0. The molecule has 0 aliphatic rings. The highest BCUT2D eigenvalue weighted by Crippen LogP contribution is 2.21. The van der Waals surface area contributed by atoms with Gasteiger partial charge in [0.25, 0.3) is 0 Å². The lowest BCUT2D eigenvalue weighted by Gasteiger charge is -2.22. The van der Waals surface area contributed by atoms with E-state index in [1.165, 1.54) is 12.1 Å². The van der Waals surface area contributed by atoms with E-state index in [1.807, 2.05) is 30.3 Å². The van der Waals surface area contributed by atoms with E-state index in [-0.39, 0.29) is 17.9 Å². The van der Waals surface area contributed by atoms with Gasteiger partial charge in [0.1, 0.15) is 5.82 Å². The standard InChI is InChI=1S/C16H19FN2/c1-3-15(13-7-9-14(17)10-8-13)19-12(2)16-6-4-5-11-18-16/h4-12,15,19H,3H2,1-2H3/t12-,15?/m0/s1. The second-order valence-electron chi connectivity index (χ2n) is 4.66. The van der Waals surface area contributed by atoms with Gasteiger partial charge in [-0.3, -0.25) is 4.98 Å². The number of halogens is 1. The number of rotatable bonds is 5. The van der Waals surface area contributed by atoms with Crippen LogP contribution in [-0.2, 0) is 0 Å². The molecule has 0 saturated heterocycles. The SMILES string of the molecule is CCC(N[C@@H](C)c1ccccn1)c1ccc(F)cc1. The highest BCUT2D eigenvalue weighted by molar-refractivity contribution is 5.20. The Morgan fingerprint density at radius 2 is 1.89 bits per heavy atom. The Morgan fingerprint density at radius 1 is 1.16 bits per heavy atom. The van der Waals surface area contributed by atoms with Crippen molar-refractivity contribution in [2.24, 2.45) is 0 Å². The van der Waals surface area contributed by atoms with Crippen molar-refractivity contribution < 1.29 is 4.39 Å². The molecule has 2 nitrogen and oxygen atoms in total. The third-order valence-corrected chi connectivity index (χ3v) is 3.26. The van der Waals surface area contributed by atoms with Gasteiger partial charge in [-0.15, -0.1) is 0 Å². The van der Waals surface area contributed by atoms with E-state index in [4.69, 9.17) is 0 Å². The molecule has 1 unspecified atom stereocenters. The number of benzene rings is 1. The normalized spacial score (nSPS) is 14.1. The first-order valence-corrected chi connectivity index (χ1v) is 6.63. The third kappa shape index (κ3) is 3.61. The molecule has 0 radical (unpaired) electrons. The molecule has 0 spiro atoms. The van der Waals surface area contributed by atoms with Gasteiger partial charge in [0, 0.05) is 18.3 Å². The zero-order valence-corrected chi connectivity index (χ0v) is 11.3. The van der Waals surface area contributed by atoms with E-state index in [9.17, 15) is 4.39 Å². The first-order valence-electron chi connectivity index (χ1n) is 6.63. The van der Waals surface area contributed by atoms with Gasteiger partial charge in [-0.1, -0.05) is 25.1 Å². The van der Waals surface area contributed by atoms with E-state index >= 15 is 0 Å². The molecule has 0 amide bonds. The summed E-state index contributed by atoms with van der Waals surface area (Å²) < 4.78 is 13.0. The van der Waals surface area contributed by atoms with Crippen LogP contribution in [-0.4, -0.2) is 4.98 Å². The summed E-state index contributed by atoms with van der Waals surface area (Å²) >= 11 is 0. The van der Waals surface area contributed by atoms with Crippen molar-refractivity contribution in [3.63, 3.8) is 0 Å². The van der Waals surface area contributed by atoms with Crippen LogP contribution in [0.25, 0.3) is 0 Å². The van der Waals surface area contributed by atoms with Gasteiger partial charge >= 0.3 is 0 Å². The van der Waals surface area contributed by atoms with E-state index < -0.39 is 0 Å². The summed E-state index contributed by atoms with van der Waals surface area (Å²) in [6.45, 7) is 4.21. The van der Waals surface area contributed by atoms with Crippen LogP contribution in [0, 0.1) is 5.82 Å². The Bertz CT molecular complexity index is 496. The lowest BCUT2D eigenvalue weighted by atomic mass is 10.0. The largest absolute Gasteiger partial charge is 0.302 e. The minimum absolute atomic E-state index is 0.163. The zero-order valence-electron chi connectivity index (χ0n) is 11.3. The molecule has 0 fully saturated rings. The Kier molecular flexibility index (Phi) is 4.63. The summed E-state index contributed by atoms with van der Waals surface area (Å²) in [6.07, 6.45) is 2.75. The van der Waals surface area contributed by atoms with Crippen molar-refractivity contribution in [1.82, 2.24) is 10.3 Å². The second-order valence-corrected chi connectivity index (χ2v) is 4.66. The molecule has 100 valence electrons. The molecule has 0 aliphatic heterocycles. The molecule has 1 heterocycles. The van der Waals surface area contributed by atoms with Crippen molar-refractivity contribution in [1.29, 1.82) is 0 Å². The second kappa shape index (κ2) is 6.43. The number of nitrogens with zero attached hydrogens (tertiary/aromatic N) is 1. The van der Waals surface area contributed by atoms with E-state index in [0.717, 1.165) is 17.7 Å². The van der Waals surface area contributed by atoms with Crippen LogP contribution in [0.5, 0.6) is 0 Å². The van der Waals surface area contributed by atoms with Crippen LogP contribution in [0.1, 0.15) is 43.6 Å². The number of aromatic nitrogens is 1. The topological polar surface area (TPSA) is 24.9 Å². The highest BCUT2D eigenvalue weighted by Gasteiger charge is 2.14. The zero-order chi connectivity index (χ0) is 13.7. The average molecular weight is 258 g/mol. The first-order chi connectivity index (χ1) is 9.20. The Balaban J connectivity index is 2.09. The maximum absolute atomic E-state index is 13.0. The maximum Gasteiger partial charge on any atom is 0.123 e. The summed E-state index contributed by atoms with van der Waals surface area (Å²) in [5.74, 6) is -0.198. The summed E-state index contributed by atoms with van der Waals surface area (Å²) in [6, 6.07) is 13.0. The fourth-order valence-corrected chi connectivity index (χ4v) is 2.16. The molecule has 1 N–H and O–H groups in total. The molecule has 2 rings (SSSR count). The molecule has 0 saturated carbocycles. The van der Waals surface area contributed by atoms with Crippen LogP contribution in [0.15, 0.2) is 48.7 Å². The van der Waals surface area contributed by atoms with Gasteiger partial charge in [-0.25, -0.2) is 4.39 Å². The molecular weight excluding hydrogens is 239 g/mol. The van der Waals surface area contributed by atoms with Gasteiger partial charge in [-0.05, 0) is 43.2 Å². The molecule has 0 aliphatic carbocycles. The summed E-state index contributed by atoms with van der Waals surface area (Å²) in [4.78, 5) is 4.35. The third-order valence-electron chi connectivity index (χ3n) is 3.26. The lowest BCUT2D eigenvalue weighted by molar-refractivity contribution is 0.449. The van der Waals surface area contributed by atoms with E-state index in [2.05, 4.69) is 24.1 Å². The molecule has 19 heavy (non-hydrogen) atoms. The molecule has 1 aromatic carbocycles. The minimum Gasteiger partial charge on any atom is -0.302 e. The van der Waals surface area contributed by atoms with Gasteiger partial charge in [0.2, 0.25) is 0 Å². The first kappa shape index (κ1) is 13.7. The van der Waals surface area contributed by atoms with Crippen molar-refractivity contribution >= 4 is 0 Å². The molecule has 2 atom stereocenters. The molecule has 1 aromatic heterocycles. The maximum atomic E-state index is 13.0. The number of pyridine rings is 1. The smallest absolute Gasteiger partial charge is 0.123 e. The summed E-state index contributed by atoms with van der Waals surface area (Å²) in [5, 5.41) is 3.53. The lowest BCUT2D eigenvalue weighted by Crippen LogP contribution is -2.24. The van der Waals surface area contributed by atoms with Crippen LogP contribution in [0.4, 0.5) is 4.39 Å². The van der Waals surface area contributed by atoms with Crippen molar-refractivity contribution in [3.05, 3.63) is 65.7 Å².